The smallest absolute Gasteiger partial charge is 0.664 e. The van der Waals surface area contributed by atoms with Crippen LogP contribution in [0.5, 0.6) is 0 Å². The molecule has 6 aliphatic rings. The Morgan fingerprint density at radius 3 is 2.13 bits per heavy atom. The molecule has 0 saturated carbocycles. The van der Waals surface area contributed by atoms with Crippen molar-refractivity contribution in [1.29, 1.82) is 0 Å². The van der Waals surface area contributed by atoms with Crippen molar-refractivity contribution in [1.82, 2.24) is 10.3 Å². The van der Waals surface area contributed by atoms with E-state index in [0.717, 1.165) is 0 Å². The number of hydrogen-bond acceptors (Lipinski definition) is 9. The molecular formula is C42H49N6NiO13. The van der Waals surface area contributed by atoms with Crippen LogP contribution < -0.4 is 16.0 Å². The summed E-state index contributed by atoms with van der Waals surface area (Å²) < 4.78 is 0. The molecule has 2 amide bonds. The number of allylic oxidation sites excluding steroid dienone is 3. The van der Waals surface area contributed by atoms with E-state index >= 15 is 0 Å². The van der Waals surface area contributed by atoms with Gasteiger partial charge in [0.15, 0.2) is 5.78 Å². The van der Waals surface area contributed by atoms with Crippen molar-refractivity contribution in [3.8, 4) is 0 Å². The maximum Gasteiger partial charge on any atom is 3.00 e. The largest absolute Gasteiger partial charge is 3.00 e. The van der Waals surface area contributed by atoms with E-state index in [1.807, 2.05) is 6.92 Å². The second kappa shape index (κ2) is 17.1. The summed E-state index contributed by atoms with van der Waals surface area (Å²) in [4.78, 5) is 112. The second-order valence-electron chi connectivity index (χ2n) is 17.8. The van der Waals surface area contributed by atoms with Crippen molar-refractivity contribution in [3.63, 3.8) is 0 Å². The van der Waals surface area contributed by atoms with Crippen LogP contribution >= 0.6 is 0 Å². The average Bonchev–Trinajstić information content (AvgIpc) is 3.83. The third-order valence-corrected chi connectivity index (χ3v) is 14.2. The van der Waals surface area contributed by atoms with Crippen LogP contribution in [0.2, 0.25) is 0 Å². The summed E-state index contributed by atoms with van der Waals surface area (Å²) in [6, 6.07) is -1.69. The number of nitrogens with two attached hydrogens (primary N) is 1. The van der Waals surface area contributed by atoms with Crippen molar-refractivity contribution in [2.75, 3.05) is 0 Å². The number of carboxylic acids is 5. The Morgan fingerprint density at radius 1 is 0.871 bits per heavy atom. The molecule has 1 aromatic rings. The maximum atomic E-state index is 14.2. The number of fused-ring (bicyclic) bond motifs is 5. The van der Waals surface area contributed by atoms with Gasteiger partial charge in [-0.3, -0.25) is 43.3 Å². The molecule has 6 heterocycles. The summed E-state index contributed by atoms with van der Waals surface area (Å²) in [5, 5.41) is 63.3. The molecule has 7 rings (SSSR count). The van der Waals surface area contributed by atoms with E-state index in [1.54, 1.807) is 13.0 Å². The van der Waals surface area contributed by atoms with Gasteiger partial charge in [0.2, 0.25) is 11.8 Å². The van der Waals surface area contributed by atoms with Gasteiger partial charge in [-0.15, -0.1) is 29.2 Å². The number of Topliss-reactive ketones (excluding diaryl/α,β-unsaturated/α-hetero) is 1. The van der Waals surface area contributed by atoms with Gasteiger partial charge in [-0.05, 0) is 78.8 Å². The first-order valence-electron chi connectivity index (χ1n) is 20.5. The van der Waals surface area contributed by atoms with E-state index < -0.39 is 113 Å². The zero-order valence-corrected chi connectivity index (χ0v) is 35.1. The number of hydrogen-bond donors (Lipinski definition) is 7. The van der Waals surface area contributed by atoms with Gasteiger partial charge in [-0.2, -0.15) is 5.70 Å². The fraction of sp³-hybridized carbons (Fsp3) is 0.595. The van der Waals surface area contributed by atoms with Crippen LogP contribution in [0.4, 0.5) is 0 Å². The molecule has 1 aromatic heterocycles. The Bertz CT molecular complexity index is 2230. The van der Waals surface area contributed by atoms with Crippen LogP contribution in [0.1, 0.15) is 107 Å². The first kappa shape index (κ1) is 46.2. The van der Waals surface area contributed by atoms with E-state index in [-0.39, 0.29) is 121 Å². The van der Waals surface area contributed by atoms with Crippen molar-refractivity contribution in [2.24, 2.45) is 45.2 Å². The molecule has 3 fully saturated rings. The zero-order chi connectivity index (χ0) is 44.3. The molecule has 8 bridgehead atoms. The fourth-order valence-corrected chi connectivity index (χ4v) is 11.5. The van der Waals surface area contributed by atoms with Gasteiger partial charge in [0.1, 0.15) is 0 Å². The Kier molecular flexibility index (Phi) is 12.7. The van der Waals surface area contributed by atoms with Crippen molar-refractivity contribution in [3.05, 3.63) is 50.6 Å². The number of aliphatic imine (C=N–C) groups is 1. The summed E-state index contributed by atoms with van der Waals surface area (Å²) in [6.07, 6.45) is -0.909. The number of nitrogens with zero attached hydrogens (tertiary/aromatic N) is 4. The molecule has 8 N–H and O–H groups in total. The van der Waals surface area contributed by atoms with Gasteiger partial charge in [0.05, 0.1) is 18.9 Å². The van der Waals surface area contributed by atoms with Crippen LogP contribution in [-0.2, 0) is 74.1 Å². The first-order chi connectivity index (χ1) is 28.7. The molecule has 20 heteroatoms. The van der Waals surface area contributed by atoms with Crippen LogP contribution in [0.3, 0.4) is 0 Å². The number of aliphatic carboxylic acids is 5. The molecule has 1 radical (unpaired) electrons. The molecule has 335 valence electrons. The molecular weight excluding hydrogens is 855 g/mol. The maximum absolute atomic E-state index is 14.2. The average molecular weight is 905 g/mol. The Hall–Kier alpha value is -5.36. The number of carbonyl (C=O) groups is 8. The zero-order valence-electron chi connectivity index (χ0n) is 34.1. The molecule has 1 unspecified atom stereocenters. The van der Waals surface area contributed by atoms with Crippen molar-refractivity contribution < 1.29 is 80.4 Å². The molecule has 0 aromatic carbocycles. The van der Waals surface area contributed by atoms with Crippen LogP contribution in [0.25, 0.3) is 16.2 Å². The number of carbonyl (C=O) groups excluding carboxylic acids is 3. The third kappa shape index (κ3) is 8.18. The predicted molar refractivity (Wildman–Crippen MR) is 212 cm³/mol. The van der Waals surface area contributed by atoms with E-state index in [4.69, 9.17) is 26.3 Å². The predicted octanol–water partition coefficient (Wildman–Crippen LogP) is 2.93. The SMILES string of the molecule is C[C@@]12CC(=O)N[C@@]13C[C@@H]1N=C(Cc4[n-]c5c(c4CC(=O)O)CCC(=O)C5=C4[N-]/C(=C\C([N-]3)[C@H]2CCC(=O)O)[C@@H](CC(=O)O)[C@@H]4CCC(=O)O)[C@@](C)(CC(N)=O)[C@@H]1CCC(=O)O.[Ni+3]. The van der Waals surface area contributed by atoms with E-state index in [1.165, 1.54) is 0 Å². The molecule has 3 saturated heterocycles. The summed E-state index contributed by atoms with van der Waals surface area (Å²) in [5.74, 6) is -10.5. The Morgan fingerprint density at radius 2 is 1.52 bits per heavy atom. The Labute approximate surface area is 365 Å². The van der Waals surface area contributed by atoms with E-state index in [0.29, 0.717) is 16.8 Å². The Balaban J connectivity index is 0.00000641. The quantitative estimate of drug-likeness (QED) is 0.125. The number of nitrogens with one attached hydrogen (secondary N) is 1. The van der Waals surface area contributed by atoms with Gasteiger partial charge in [0.25, 0.3) is 0 Å². The third-order valence-electron chi connectivity index (χ3n) is 14.2. The number of amides is 2. The van der Waals surface area contributed by atoms with Crippen molar-refractivity contribution in [2.45, 2.75) is 121 Å². The second-order valence-corrected chi connectivity index (χ2v) is 17.8. The molecule has 1 aliphatic carbocycles. The molecule has 9 atom stereocenters. The monoisotopic (exact) mass is 903 g/mol. The van der Waals surface area contributed by atoms with Crippen LogP contribution in [0.15, 0.2) is 22.5 Å². The van der Waals surface area contributed by atoms with Gasteiger partial charge in [-0.1, -0.05) is 25.0 Å². The number of primary amides is 1. The summed E-state index contributed by atoms with van der Waals surface area (Å²) in [5.41, 5.74) is 4.03. The van der Waals surface area contributed by atoms with Gasteiger partial charge in [-0.25, -0.2) is 0 Å². The minimum Gasteiger partial charge on any atom is -0.664 e. The summed E-state index contributed by atoms with van der Waals surface area (Å²) >= 11 is 0. The molecule has 1 spiro atoms. The normalized spacial score (nSPS) is 32.7. The van der Waals surface area contributed by atoms with Crippen LogP contribution in [0, 0.1) is 34.5 Å². The van der Waals surface area contributed by atoms with Crippen LogP contribution in [-0.4, -0.2) is 96.4 Å². The number of rotatable bonds is 15. The minimum absolute atomic E-state index is 0. The minimum atomic E-state index is -1.44. The summed E-state index contributed by atoms with van der Waals surface area (Å²) in [6.45, 7) is 3.57. The van der Waals surface area contributed by atoms with Gasteiger partial charge >= 0.3 is 46.3 Å². The van der Waals surface area contributed by atoms with Crippen molar-refractivity contribution >= 4 is 58.7 Å². The summed E-state index contributed by atoms with van der Waals surface area (Å²) in [7, 11) is 0. The van der Waals surface area contributed by atoms with E-state index in [9.17, 15) is 63.9 Å². The number of aromatic nitrogens is 1. The topological polar surface area (TPSA) is 330 Å². The molecule has 62 heavy (non-hydrogen) atoms. The first-order valence-corrected chi connectivity index (χ1v) is 20.5. The number of ketones is 1. The van der Waals surface area contributed by atoms with Gasteiger partial charge < -0.3 is 52.2 Å². The standard InChI is InChI=1S/C42H50N6O13.Ni/c1-40(16-30(43)50)22(5-9-33(54)55)27-15-42-41(2,17-31(51)48-42)23(6-10-34(56)57)26(47-42)13-24-20(11-35(58)59)19(4-8-32(52)53)39(45-24)37-28(49)7-3-18-21(12-36(60)61)25(46-38(18)37)14-29(40)44-27;/h13,19-20,22-23,26-27H,3-12,14-17H2,1-2H3,(H9,43,45,48,49,50,51,52,53,54,55,56,57,58,59,60,61);/q-2;+3/p-1/b24-13-;/t19-,20-,22+,23+,26?,27-,40-,41-,42-;/m0./s1. The molecule has 19 nitrogen and oxygen atoms in total. The van der Waals surface area contributed by atoms with E-state index in [2.05, 4.69) is 5.32 Å². The molecule has 5 aliphatic heterocycles. The number of carboxylic acid groups (broad SMARTS) is 5. The fourth-order valence-electron chi connectivity index (χ4n) is 11.5. The van der Waals surface area contributed by atoms with Gasteiger partial charge in [0, 0.05) is 49.7 Å².